The highest BCUT2D eigenvalue weighted by Crippen LogP contribution is 2.14. The van der Waals surface area contributed by atoms with Crippen molar-refractivity contribution in [3.05, 3.63) is 65.5 Å². The van der Waals surface area contributed by atoms with E-state index >= 15 is 0 Å². The average molecular weight is 356 g/mol. The van der Waals surface area contributed by atoms with E-state index in [4.69, 9.17) is 4.74 Å². The van der Waals surface area contributed by atoms with E-state index in [0.717, 1.165) is 50.5 Å². The smallest absolute Gasteiger partial charge is 0.227 e. The molecule has 0 aliphatic carbocycles. The number of nitrogens with zero attached hydrogens (tertiary/aromatic N) is 2. The van der Waals surface area contributed by atoms with Crippen molar-refractivity contribution in [2.24, 2.45) is 0 Å². The summed E-state index contributed by atoms with van der Waals surface area (Å²) in [6.07, 6.45) is 1.31. The van der Waals surface area contributed by atoms with Gasteiger partial charge in [-0.3, -0.25) is 9.69 Å². The lowest BCUT2D eigenvalue weighted by atomic mass is 10.1. The third-order valence-electron chi connectivity index (χ3n) is 4.84. The zero-order valence-corrected chi connectivity index (χ0v) is 15.2. The van der Waals surface area contributed by atoms with Crippen LogP contribution in [0.5, 0.6) is 5.75 Å². The number of hydrogen-bond acceptors (Lipinski definition) is 3. The molecule has 0 saturated carbocycles. The highest BCUT2D eigenvalue weighted by Gasteiger charge is 2.21. The molecular formula is C21H25FN2O2. The van der Waals surface area contributed by atoms with Crippen LogP contribution in [0.2, 0.25) is 0 Å². The number of rotatable bonds is 6. The van der Waals surface area contributed by atoms with Crippen LogP contribution in [0.15, 0.2) is 48.5 Å². The van der Waals surface area contributed by atoms with Gasteiger partial charge in [-0.05, 0) is 41.8 Å². The first-order chi connectivity index (χ1) is 12.6. The van der Waals surface area contributed by atoms with Crippen LogP contribution in [0, 0.1) is 5.82 Å². The van der Waals surface area contributed by atoms with E-state index in [1.54, 1.807) is 19.2 Å². The molecule has 0 unspecified atom stereocenters. The number of ether oxygens (including phenoxy) is 1. The fourth-order valence-electron chi connectivity index (χ4n) is 3.22. The topological polar surface area (TPSA) is 32.8 Å². The Morgan fingerprint density at radius 1 is 1.04 bits per heavy atom. The van der Waals surface area contributed by atoms with Gasteiger partial charge in [-0.25, -0.2) is 4.39 Å². The number of carbonyl (C=O) groups excluding carboxylic acids is 1. The van der Waals surface area contributed by atoms with Crippen LogP contribution in [0.25, 0.3) is 0 Å². The maximum Gasteiger partial charge on any atom is 0.227 e. The first-order valence-electron chi connectivity index (χ1n) is 9.01. The van der Waals surface area contributed by atoms with E-state index in [1.807, 2.05) is 17.0 Å². The fourth-order valence-corrected chi connectivity index (χ4v) is 3.22. The van der Waals surface area contributed by atoms with Gasteiger partial charge in [0, 0.05) is 32.7 Å². The zero-order valence-electron chi connectivity index (χ0n) is 15.2. The van der Waals surface area contributed by atoms with Gasteiger partial charge in [0.05, 0.1) is 13.5 Å². The molecule has 1 amide bonds. The quantitative estimate of drug-likeness (QED) is 0.798. The lowest BCUT2D eigenvalue weighted by Gasteiger charge is -2.34. The molecule has 0 atom stereocenters. The van der Waals surface area contributed by atoms with Crippen LogP contribution >= 0.6 is 0 Å². The van der Waals surface area contributed by atoms with Gasteiger partial charge >= 0.3 is 0 Å². The van der Waals surface area contributed by atoms with Crippen molar-refractivity contribution in [2.45, 2.75) is 12.8 Å². The zero-order chi connectivity index (χ0) is 18.4. The summed E-state index contributed by atoms with van der Waals surface area (Å²) in [5.74, 6) is 0.730. The van der Waals surface area contributed by atoms with Gasteiger partial charge in [0.1, 0.15) is 11.6 Å². The Balaban J connectivity index is 1.43. The van der Waals surface area contributed by atoms with E-state index < -0.39 is 0 Å². The molecule has 1 heterocycles. The van der Waals surface area contributed by atoms with Crippen molar-refractivity contribution in [1.29, 1.82) is 0 Å². The van der Waals surface area contributed by atoms with Gasteiger partial charge < -0.3 is 9.64 Å². The molecule has 4 nitrogen and oxygen atoms in total. The third kappa shape index (κ3) is 5.05. The molecule has 0 bridgehead atoms. The second-order valence-corrected chi connectivity index (χ2v) is 6.63. The van der Waals surface area contributed by atoms with Crippen molar-refractivity contribution in [3.8, 4) is 5.75 Å². The normalized spacial score (nSPS) is 15.1. The molecule has 1 aliphatic rings. The highest BCUT2D eigenvalue weighted by atomic mass is 19.1. The summed E-state index contributed by atoms with van der Waals surface area (Å²) in [5.41, 5.74) is 2.12. The summed E-state index contributed by atoms with van der Waals surface area (Å²) >= 11 is 0. The van der Waals surface area contributed by atoms with E-state index in [0.29, 0.717) is 6.42 Å². The van der Waals surface area contributed by atoms with Crippen LogP contribution in [0.3, 0.4) is 0 Å². The van der Waals surface area contributed by atoms with Gasteiger partial charge in [-0.15, -0.1) is 0 Å². The van der Waals surface area contributed by atoms with Crippen LogP contribution in [0.1, 0.15) is 11.1 Å². The number of halogens is 1. The number of amides is 1. The Morgan fingerprint density at radius 2 is 1.77 bits per heavy atom. The fraction of sp³-hybridized carbons (Fsp3) is 0.381. The van der Waals surface area contributed by atoms with Crippen molar-refractivity contribution in [2.75, 3.05) is 39.8 Å². The predicted molar refractivity (Wildman–Crippen MR) is 99.8 cm³/mol. The van der Waals surface area contributed by atoms with Crippen LogP contribution < -0.4 is 4.74 Å². The number of hydrogen-bond donors (Lipinski definition) is 0. The molecule has 2 aromatic rings. The molecule has 0 spiro atoms. The van der Waals surface area contributed by atoms with Gasteiger partial charge in [-0.1, -0.05) is 24.3 Å². The van der Waals surface area contributed by atoms with Crippen LogP contribution in [0.4, 0.5) is 4.39 Å². The summed E-state index contributed by atoms with van der Waals surface area (Å²) in [4.78, 5) is 16.7. The SMILES string of the molecule is COc1cccc(CCN2CCN(C(=O)Cc3ccc(F)cc3)CC2)c1. The number of benzene rings is 2. The second kappa shape index (κ2) is 8.81. The van der Waals surface area contributed by atoms with Gasteiger partial charge in [-0.2, -0.15) is 0 Å². The van der Waals surface area contributed by atoms with Crippen molar-refractivity contribution in [1.82, 2.24) is 9.80 Å². The van der Waals surface area contributed by atoms with Crippen LogP contribution in [-0.4, -0.2) is 55.5 Å². The molecule has 1 saturated heterocycles. The molecule has 0 radical (unpaired) electrons. The lowest BCUT2D eigenvalue weighted by molar-refractivity contribution is -0.132. The van der Waals surface area contributed by atoms with E-state index in [1.165, 1.54) is 17.7 Å². The molecule has 5 heteroatoms. The average Bonchev–Trinajstić information content (AvgIpc) is 2.68. The summed E-state index contributed by atoms with van der Waals surface area (Å²) in [7, 11) is 1.68. The first kappa shape index (κ1) is 18.4. The summed E-state index contributed by atoms with van der Waals surface area (Å²) in [5, 5.41) is 0. The Kier molecular flexibility index (Phi) is 6.23. The highest BCUT2D eigenvalue weighted by molar-refractivity contribution is 5.78. The lowest BCUT2D eigenvalue weighted by Crippen LogP contribution is -2.49. The third-order valence-corrected chi connectivity index (χ3v) is 4.84. The maximum atomic E-state index is 13.0. The number of methoxy groups -OCH3 is 1. The van der Waals surface area contributed by atoms with E-state index in [2.05, 4.69) is 17.0 Å². The largest absolute Gasteiger partial charge is 0.497 e. The van der Waals surface area contributed by atoms with E-state index in [-0.39, 0.29) is 11.7 Å². The monoisotopic (exact) mass is 356 g/mol. The Labute approximate surface area is 154 Å². The maximum absolute atomic E-state index is 13.0. The number of piperazine rings is 1. The van der Waals surface area contributed by atoms with Gasteiger partial charge in [0.2, 0.25) is 5.91 Å². The summed E-state index contributed by atoms with van der Waals surface area (Å²) in [6.45, 7) is 4.25. The van der Waals surface area contributed by atoms with E-state index in [9.17, 15) is 9.18 Å². The Morgan fingerprint density at radius 3 is 2.46 bits per heavy atom. The molecule has 138 valence electrons. The minimum absolute atomic E-state index is 0.115. The minimum Gasteiger partial charge on any atom is -0.497 e. The molecule has 26 heavy (non-hydrogen) atoms. The second-order valence-electron chi connectivity index (χ2n) is 6.63. The van der Waals surface area contributed by atoms with Crippen molar-refractivity contribution < 1.29 is 13.9 Å². The first-order valence-corrected chi connectivity index (χ1v) is 9.01. The molecule has 1 fully saturated rings. The molecule has 2 aromatic carbocycles. The summed E-state index contributed by atoms with van der Waals surface area (Å²) in [6, 6.07) is 14.3. The van der Waals surface area contributed by atoms with Crippen molar-refractivity contribution in [3.63, 3.8) is 0 Å². The minimum atomic E-state index is -0.272. The molecule has 3 rings (SSSR count). The molecule has 0 aromatic heterocycles. The van der Waals surface area contributed by atoms with Crippen LogP contribution in [-0.2, 0) is 17.6 Å². The van der Waals surface area contributed by atoms with Gasteiger partial charge in [0.25, 0.3) is 0 Å². The Bertz CT molecular complexity index is 725. The number of carbonyl (C=O) groups is 1. The molecular weight excluding hydrogens is 331 g/mol. The summed E-state index contributed by atoms with van der Waals surface area (Å²) < 4.78 is 18.2. The van der Waals surface area contributed by atoms with Gasteiger partial charge in [0.15, 0.2) is 0 Å². The molecule has 1 aliphatic heterocycles. The standard InChI is InChI=1S/C21H25FN2O2/c1-26-20-4-2-3-17(15-20)9-10-23-11-13-24(14-12-23)21(25)16-18-5-7-19(22)8-6-18/h2-8,15H,9-14,16H2,1H3. The molecule has 0 N–H and O–H groups in total. The Hall–Kier alpha value is -2.40. The predicted octanol–water partition coefficient (Wildman–Crippen LogP) is 2.76. The van der Waals surface area contributed by atoms with Crippen molar-refractivity contribution >= 4 is 5.91 Å².